The van der Waals surface area contributed by atoms with Crippen LogP contribution in [0.15, 0.2) is 42.6 Å². The standard InChI is InChI=1S/C18H24N2O2S/c1-13(17(23-3)16-8-5-10-19-16)18(22)20(2)11-9-14-6-4-7-15(21)12-14/h4-8,10,12-13,17,19,21H,9,11H2,1-3H3. The number of likely N-dealkylation sites (N-methyl/N-ethyl adjacent to an activating group) is 1. The number of carbonyl (C=O) groups is 1. The van der Waals surface area contributed by atoms with Gasteiger partial charge in [0.1, 0.15) is 5.75 Å². The van der Waals surface area contributed by atoms with E-state index in [1.54, 1.807) is 28.8 Å². The number of thioether (sulfide) groups is 1. The molecule has 1 heterocycles. The Kier molecular flexibility index (Phi) is 6.16. The summed E-state index contributed by atoms with van der Waals surface area (Å²) in [4.78, 5) is 17.7. The van der Waals surface area contributed by atoms with Crippen molar-refractivity contribution in [1.82, 2.24) is 9.88 Å². The fourth-order valence-electron chi connectivity index (χ4n) is 2.72. The molecule has 2 rings (SSSR count). The van der Waals surface area contributed by atoms with Gasteiger partial charge in [0, 0.05) is 25.5 Å². The molecule has 2 aromatic rings. The predicted molar refractivity (Wildman–Crippen MR) is 95.7 cm³/mol. The fourth-order valence-corrected chi connectivity index (χ4v) is 3.64. The topological polar surface area (TPSA) is 56.3 Å². The molecule has 23 heavy (non-hydrogen) atoms. The van der Waals surface area contributed by atoms with E-state index in [-0.39, 0.29) is 22.8 Å². The van der Waals surface area contributed by atoms with Crippen LogP contribution >= 0.6 is 11.8 Å². The number of hydrogen-bond acceptors (Lipinski definition) is 3. The van der Waals surface area contributed by atoms with Gasteiger partial charge in [-0.3, -0.25) is 4.79 Å². The largest absolute Gasteiger partial charge is 0.508 e. The molecule has 0 spiro atoms. The summed E-state index contributed by atoms with van der Waals surface area (Å²) >= 11 is 1.69. The number of aromatic amines is 1. The third-order valence-corrected chi connectivity index (χ3v) is 5.22. The molecule has 1 amide bonds. The van der Waals surface area contributed by atoms with Gasteiger partial charge in [-0.05, 0) is 42.5 Å². The zero-order chi connectivity index (χ0) is 16.8. The first-order chi connectivity index (χ1) is 11.0. The van der Waals surface area contributed by atoms with Crippen LogP contribution in [-0.4, -0.2) is 40.7 Å². The molecule has 0 fully saturated rings. The molecule has 2 unspecified atom stereocenters. The normalized spacial score (nSPS) is 13.5. The zero-order valence-electron chi connectivity index (χ0n) is 13.8. The number of H-pyrrole nitrogens is 1. The summed E-state index contributed by atoms with van der Waals surface area (Å²) in [6.07, 6.45) is 4.65. The van der Waals surface area contributed by atoms with Gasteiger partial charge >= 0.3 is 0 Å². The number of phenolic OH excluding ortho intramolecular Hbond substituents is 1. The highest BCUT2D eigenvalue weighted by atomic mass is 32.2. The van der Waals surface area contributed by atoms with Crippen molar-refractivity contribution in [2.75, 3.05) is 19.8 Å². The minimum atomic E-state index is -0.0992. The molecule has 1 aromatic carbocycles. The van der Waals surface area contributed by atoms with E-state index in [4.69, 9.17) is 0 Å². The molecule has 2 N–H and O–H groups in total. The lowest BCUT2D eigenvalue weighted by molar-refractivity contribution is -0.133. The first-order valence-corrected chi connectivity index (χ1v) is 9.00. The Balaban J connectivity index is 1.95. The molecular formula is C18H24N2O2S. The van der Waals surface area contributed by atoms with Gasteiger partial charge in [0.15, 0.2) is 0 Å². The van der Waals surface area contributed by atoms with E-state index < -0.39 is 0 Å². The Morgan fingerprint density at radius 1 is 1.35 bits per heavy atom. The van der Waals surface area contributed by atoms with Gasteiger partial charge in [-0.25, -0.2) is 0 Å². The SMILES string of the molecule is CSC(c1ccc[nH]1)C(C)C(=O)N(C)CCc1cccc(O)c1. The smallest absolute Gasteiger partial charge is 0.226 e. The van der Waals surface area contributed by atoms with Gasteiger partial charge in [-0.15, -0.1) is 0 Å². The summed E-state index contributed by atoms with van der Waals surface area (Å²) in [5, 5.41) is 9.62. The lowest BCUT2D eigenvalue weighted by Gasteiger charge is -2.26. The van der Waals surface area contributed by atoms with E-state index in [1.165, 1.54) is 0 Å². The first kappa shape index (κ1) is 17.5. The highest BCUT2D eigenvalue weighted by Gasteiger charge is 2.27. The summed E-state index contributed by atoms with van der Waals surface area (Å²) in [6, 6.07) is 11.2. The van der Waals surface area contributed by atoms with Crippen LogP contribution in [0.3, 0.4) is 0 Å². The maximum Gasteiger partial charge on any atom is 0.226 e. The number of nitrogens with one attached hydrogen (secondary N) is 1. The summed E-state index contributed by atoms with van der Waals surface area (Å²) in [5.41, 5.74) is 2.11. The number of hydrogen-bond donors (Lipinski definition) is 2. The third-order valence-electron chi connectivity index (χ3n) is 4.05. The van der Waals surface area contributed by atoms with Crippen molar-refractivity contribution >= 4 is 17.7 Å². The predicted octanol–water partition coefficient (Wildman–Crippen LogP) is 3.46. The van der Waals surface area contributed by atoms with E-state index in [9.17, 15) is 9.90 Å². The van der Waals surface area contributed by atoms with Crippen molar-refractivity contribution in [3.8, 4) is 5.75 Å². The van der Waals surface area contributed by atoms with E-state index in [1.807, 2.05) is 50.7 Å². The van der Waals surface area contributed by atoms with Crippen LogP contribution in [0.5, 0.6) is 5.75 Å². The second-order valence-corrected chi connectivity index (χ2v) is 6.73. The monoisotopic (exact) mass is 332 g/mol. The second kappa shape index (κ2) is 8.11. The van der Waals surface area contributed by atoms with Gasteiger partial charge in [-0.2, -0.15) is 11.8 Å². The molecule has 0 saturated carbocycles. The minimum absolute atomic E-state index is 0.0992. The van der Waals surface area contributed by atoms with Gasteiger partial charge in [0.2, 0.25) is 5.91 Å². The number of aromatic nitrogens is 1. The lowest BCUT2D eigenvalue weighted by atomic mass is 10.0. The molecule has 5 heteroatoms. The Labute approximate surface area is 141 Å². The molecule has 2 atom stereocenters. The van der Waals surface area contributed by atoms with Gasteiger partial charge in [0.05, 0.1) is 11.2 Å². The molecule has 0 aliphatic heterocycles. The van der Waals surface area contributed by atoms with Crippen LogP contribution in [0.25, 0.3) is 0 Å². The Bertz CT molecular complexity index is 628. The maximum absolute atomic E-state index is 12.7. The number of benzene rings is 1. The Morgan fingerprint density at radius 2 is 2.13 bits per heavy atom. The van der Waals surface area contributed by atoms with E-state index in [0.717, 1.165) is 17.7 Å². The molecule has 0 bridgehead atoms. The molecule has 124 valence electrons. The Morgan fingerprint density at radius 3 is 2.74 bits per heavy atom. The molecule has 0 aliphatic carbocycles. The number of rotatable bonds is 7. The van der Waals surface area contributed by atoms with Gasteiger partial charge in [0.25, 0.3) is 0 Å². The first-order valence-electron chi connectivity index (χ1n) is 7.72. The molecule has 0 radical (unpaired) electrons. The number of amides is 1. The zero-order valence-corrected chi connectivity index (χ0v) is 14.6. The second-order valence-electron chi connectivity index (χ2n) is 5.75. The highest BCUT2D eigenvalue weighted by Crippen LogP contribution is 2.34. The summed E-state index contributed by atoms with van der Waals surface area (Å²) in [7, 11) is 1.84. The molecular weight excluding hydrogens is 308 g/mol. The number of carbonyl (C=O) groups excluding carboxylic acids is 1. The van der Waals surface area contributed by atoms with Crippen LogP contribution in [-0.2, 0) is 11.2 Å². The van der Waals surface area contributed by atoms with Crippen LogP contribution in [0.4, 0.5) is 0 Å². The van der Waals surface area contributed by atoms with Crippen molar-refractivity contribution in [1.29, 1.82) is 0 Å². The molecule has 0 saturated heterocycles. The molecule has 0 aliphatic rings. The summed E-state index contributed by atoms with van der Waals surface area (Å²) in [6.45, 7) is 2.62. The molecule has 4 nitrogen and oxygen atoms in total. The van der Waals surface area contributed by atoms with Crippen molar-refractivity contribution in [3.05, 3.63) is 53.9 Å². The van der Waals surface area contributed by atoms with Gasteiger partial charge in [-0.1, -0.05) is 19.1 Å². The average molecular weight is 332 g/mol. The van der Waals surface area contributed by atoms with Crippen LogP contribution in [0, 0.1) is 5.92 Å². The van der Waals surface area contributed by atoms with Crippen molar-refractivity contribution in [2.24, 2.45) is 5.92 Å². The van der Waals surface area contributed by atoms with Crippen LogP contribution in [0.2, 0.25) is 0 Å². The van der Waals surface area contributed by atoms with E-state index in [0.29, 0.717) is 6.54 Å². The van der Waals surface area contributed by atoms with Crippen LogP contribution < -0.4 is 0 Å². The summed E-state index contributed by atoms with van der Waals surface area (Å²) in [5.74, 6) is 0.302. The molecule has 1 aromatic heterocycles. The number of phenols is 1. The van der Waals surface area contributed by atoms with Crippen molar-refractivity contribution in [2.45, 2.75) is 18.6 Å². The third kappa shape index (κ3) is 4.55. The van der Waals surface area contributed by atoms with Crippen molar-refractivity contribution < 1.29 is 9.90 Å². The Hall–Kier alpha value is -1.88. The van der Waals surface area contributed by atoms with E-state index >= 15 is 0 Å². The van der Waals surface area contributed by atoms with Crippen molar-refractivity contribution in [3.63, 3.8) is 0 Å². The fraction of sp³-hybridized carbons (Fsp3) is 0.389. The van der Waals surface area contributed by atoms with Gasteiger partial charge < -0.3 is 15.0 Å². The van der Waals surface area contributed by atoms with E-state index in [2.05, 4.69) is 4.98 Å². The minimum Gasteiger partial charge on any atom is -0.508 e. The quantitative estimate of drug-likeness (QED) is 0.816. The number of nitrogens with zero attached hydrogens (tertiary/aromatic N) is 1. The highest BCUT2D eigenvalue weighted by molar-refractivity contribution is 7.98. The van der Waals surface area contributed by atoms with Crippen LogP contribution in [0.1, 0.15) is 23.4 Å². The number of aromatic hydroxyl groups is 1. The average Bonchev–Trinajstić information content (AvgIpc) is 3.06. The maximum atomic E-state index is 12.7. The lowest BCUT2D eigenvalue weighted by Crippen LogP contribution is -2.35. The summed E-state index contributed by atoms with van der Waals surface area (Å²) < 4.78 is 0.